The number of nitrogens with zero attached hydrogens (tertiary/aromatic N) is 1. The third-order valence-corrected chi connectivity index (χ3v) is 4.68. The van der Waals surface area contributed by atoms with Gasteiger partial charge in [-0.15, -0.1) is 0 Å². The zero-order valence-electron chi connectivity index (χ0n) is 12.0. The molecule has 1 unspecified atom stereocenters. The van der Waals surface area contributed by atoms with Gasteiger partial charge in [0, 0.05) is 6.54 Å². The average molecular weight is 273 g/mol. The topological polar surface area (TPSA) is 40.5 Å². The molecule has 1 aromatic carbocycles. The lowest BCUT2D eigenvalue weighted by molar-refractivity contribution is -0.135. The van der Waals surface area contributed by atoms with Crippen molar-refractivity contribution in [3.8, 4) is 0 Å². The Kier molecular flexibility index (Phi) is 4.06. The second-order valence-electron chi connectivity index (χ2n) is 6.05. The van der Waals surface area contributed by atoms with Crippen LogP contribution in [0.25, 0.3) is 0 Å². The van der Waals surface area contributed by atoms with Gasteiger partial charge >= 0.3 is 0 Å². The summed E-state index contributed by atoms with van der Waals surface area (Å²) in [7, 11) is 0. The number of benzene rings is 1. The lowest BCUT2D eigenvalue weighted by Crippen LogP contribution is -2.46. The highest BCUT2D eigenvalue weighted by atomic mass is 16.3. The number of hydrogen-bond donors (Lipinski definition) is 1. The molecule has 2 aliphatic rings. The fourth-order valence-corrected chi connectivity index (χ4v) is 3.53. The molecule has 0 radical (unpaired) electrons. The Bertz CT molecular complexity index is 498. The monoisotopic (exact) mass is 273 g/mol. The average Bonchev–Trinajstić information content (AvgIpc) is 2.94. The van der Waals surface area contributed by atoms with Crippen molar-refractivity contribution in [1.29, 1.82) is 0 Å². The highest BCUT2D eigenvalue weighted by Crippen LogP contribution is 2.24. The van der Waals surface area contributed by atoms with E-state index in [4.69, 9.17) is 0 Å². The van der Waals surface area contributed by atoms with E-state index in [2.05, 4.69) is 18.2 Å². The second-order valence-corrected chi connectivity index (χ2v) is 6.05. The zero-order chi connectivity index (χ0) is 13.9. The van der Waals surface area contributed by atoms with E-state index in [0.29, 0.717) is 6.42 Å². The molecule has 0 bridgehead atoms. The van der Waals surface area contributed by atoms with E-state index in [1.165, 1.54) is 24.0 Å². The summed E-state index contributed by atoms with van der Waals surface area (Å²) in [6.45, 7) is 0.894. The molecule has 1 atom stereocenters. The van der Waals surface area contributed by atoms with Crippen LogP contribution in [0.4, 0.5) is 0 Å². The van der Waals surface area contributed by atoms with E-state index < -0.39 is 0 Å². The Morgan fingerprint density at radius 1 is 1.20 bits per heavy atom. The molecule has 1 aromatic rings. The first kappa shape index (κ1) is 13.6. The molecule has 108 valence electrons. The number of carbonyl (C=O) groups is 1. The molecule has 20 heavy (non-hydrogen) atoms. The zero-order valence-corrected chi connectivity index (χ0v) is 12.0. The minimum Gasteiger partial charge on any atom is -0.394 e. The molecule has 3 heteroatoms. The van der Waals surface area contributed by atoms with E-state index in [0.717, 1.165) is 37.8 Å². The summed E-state index contributed by atoms with van der Waals surface area (Å²) in [4.78, 5) is 14.3. The standard InChI is InChI=1S/C17H23NO2/c19-12-16-6-1-2-9-18(16)17(20)11-13-7-8-14-4-3-5-15(14)10-13/h7-8,10,16,19H,1-6,9,11-12H2. The minimum atomic E-state index is 0.0330. The van der Waals surface area contributed by atoms with Crippen molar-refractivity contribution in [2.75, 3.05) is 13.2 Å². The third kappa shape index (κ3) is 2.73. The maximum absolute atomic E-state index is 12.5. The molecule has 1 heterocycles. The number of aryl methyl sites for hydroxylation is 2. The molecule has 1 saturated heterocycles. The van der Waals surface area contributed by atoms with Gasteiger partial charge in [-0.25, -0.2) is 0 Å². The molecular weight excluding hydrogens is 250 g/mol. The molecule has 1 aliphatic heterocycles. The molecule has 3 nitrogen and oxygen atoms in total. The van der Waals surface area contributed by atoms with Crippen LogP contribution < -0.4 is 0 Å². The number of carbonyl (C=O) groups excluding carboxylic acids is 1. The van der Waals surface area contributed by atoms with Crippen LogP contribution in [0.15, 0.2) is 18.2 Å². The van der Waals surface area contributed by atoms with Gasteiger partial charge in [0.2, 0.25) is 5.91 Å². The largest absolute Gasteiger partial charge is 0.394 e. The molecule has 0 aromatic heterocycles. The maximum atomic E-state index is 12.5. The van der Waals surface area contributed by atoms with Crippen LogP contribution in [0.3, 0.4) is 0 Å². The van der Waals surface area contributed by atoms with Gasteiger partial charge in [-0.2, -0.15) is 0 Å². The predicted molar refractivity (Wildman–Crippen MR) is 78.6 cm³/mol. The Balaban J connectivity index is 1.69. The summed E-state index contributed by atoms with van der Waals surface area (Å²) >= 11 is 0. The number of hydrogen-bond acceptors (Lipinski definition) is 2. The first-order valence-electron chi connectivity index (χ1n) is 7.79. The van der Waals surface area contributed by atoms with Gasteiger partial charge in [0.15, 0.2) is 0 Å². The summed E-state index contributed by atoms with van der Waals surface area (Å²) in [5.41, 5.74) is 4.00. The molecule has 0 spiro atoms. The summed E-state index contributed by atoms with van der Waals surface area (Å²) in [6, 6.07) is 6.52. The molecule has 1 amide bonds. The Hall–Kier alpha value is -1.35. The maximum Gasteiger partial charge on any atom is 0.227 e. The Morgan fingerprint density at radius 2 is 2.05 bits per heavy atom. The number of rotatable bonds is 3. The van der Waals surface area contributed by atoms with E-state index in [-0.39, 0.29) is 18.6 Å². The Morgan fingerprint density at radius 3 is 2.90 bits per heavy atom. The van der Waals surface area contributed by atoms with Gasteiger partial charge in [-0.05, 0) is 55.2 Å². The molecule has 1 aliphatic carbocycles. The summed E-state index contributed by atoms with van der Waals surface area (Å²) in [6.07, 6.45) is 7.17. The molecular formula is C17H23NO2. The second kappa shape index (κ2) is 5.96. The van der Waals surface area contributed by atoms with Crippen LogP contribution in [0.2, 0.25) is 0 Å². The van der Waals surface area contributed by atoms with E-state index in [1.54, 1.807) is 0 Å². The first-order valence-corrected chi connectivity index (χ1v) is 7.79. The lowest BCUT2D eigenvalue weighted by Gasteiger charge is -2.34. The number of aliphatic hydroxyl groups is 1. The van der Waals surface area contributed by atoms with Gasteiger partial charge in [-0.3, -0.25) is 4.79 Å². The fraction of sp³-hybridized carbons (Fsp3) is 0.588. The van der Waals surface area contributed by atoms with Crippen molar-refractivity contribution in [3.63, 3.8) is 0 Å². The van der Waals surface area contributed by atoms with Crippen molar-refractivity contribution in [1.82, 2.24) is 4.90 Å². The summed E-state index contributed by atoms with van der Waals surface area (Å²) < 4.78 is 0. The normalized spacial score (nSPS) is 21.9. The highest BCUT2D eigenvalue weighted by Gasteiger charge is 2.26. The number of fused-ring (bicyclic) bond motifs is 1. The van der Waals surface area contributed by atoms with Crippen molar-refractivity contribution in [3.05, 3.63) is 34.9 Å². The van der Waals surface area contributed by atoms with E-state index in [9.17, 15) is 9.90 Å². The van der Waals surface area contributed by atoms with Gasteiger partial charge in [-0.1, -0.05) is 18.2 Å². The van der Waals surface area contributed by atoms with Crippen molar-refractivity contribution in [2.45, 2.75) is 51.0 Å². The fourth-order valence-electron chi connectivity index (χ4n) is 3.53. The minimum absolute atomic E-state index is 0.0330. The highest BCUT2D eigenvalue weighted by molar-refractivity contribution is 5.79. The lowest BCUT2D eigenvalue weighted by atomic mass is 10.00. The van der Waals surface area contributed by atoms with Crippen LogP contribution >= 0.6 is 0 Å². The SMILES string of the molecule is O=C(Cc1ccc2c(c1)CCC2)N1CCCCC1CO. The third-order valence-electron chi connectivity index (χ3n) is 4.68. The van der Waals surface area contributed by atoms with Crippen molar-refractivity contribution >= 4 is 5.91 Å². The van der Waals surface area contributed by atoms with Gasteiger partial charge < -0.3 is 10.0 Å². The van der Waals surface area contributed by atoms with Crippen LogP contribution in [0.1, 0.15) is 42.4 Å². The molecule has 0 saturated carbocycles. The summed E-state index contributed by atoms with van der Waals surface area (Å²) in [5.74, 6) is 0.168. The van der Waals surface area contributed by atoms with Crippen molar-refractivity contribution in [2.24, 2.45) is 0 Å². The van der Waals surface area contributed by atoms with Gasteiger partial charge in [0.25, 0.3) is 0 Å². The van der Waals surface area contributed by atoms with Crippen LogP contribution in [-0.2, 0) is 24.1 Å². The number of aliphatic hydroxyl groups excluding tert-OH is 1. The van der Waals surface area contributed by atoms with Crippen LogP contribution in [0, 0.1) is 0 Å². The van der Waals surface area contributed by atoms with Crippen LogP contribution in [0.5, 0.6) is 0 Å². The Labute approximate surface area is 120 Å². The predicted octanol–water partition coefficient (Wildman–Crippen LogP) is 2.09. The first-order chi connectivity index (χ1) is 9.78. The molecule has 3 rings (SSSR count). The van der Waals surface area contributed by atoms with Crippen LogP contribution in [-0.4, -0.2) is 35.1 Å². The molecule has 1 N–H and O–H groups in total. The summed E-state index contributed by atoms with van der Waals surface area (Å²) in [5, 5.41) is 9.41. The van der Waals surface area contributed by atoms with Gasteiger partial charge in [0.05, 0.1) is 19.1 Å². The smallest absolute Gasteiger partial charge is 0.227 e. The number of likely N-dealkylation sites (tertiary alicyclic amines) is 1. The van der Waals surface area contributed by atoms with E-state index >= 15 is 0 Å². The quantitative estimate of drug-likeness (QED) is 0.916. The van der Waals surface area contributed by atoms with E-state index in [1.807, 2.05) is 4.90 Å². The van der Waals surface area contributed by atoms with Gasteiger partial charge in [0.1, 0.15) is 0 Å². The number of amides is 1. The molecule has 1 fully saturated rings. The number of piperidine rings is 1. The van der Waals surface area contributed by atoms with Crippen molar-refractivity contribution < 1.29 is 9.90 Å².